The summed E-state index contributed by atoms with van der Waals surface area (Å²) in [4.78, 5) is 14.2. The van der Waals surface area contributed by atoms with Gasteiger partial charge in [0, 0.05) is 32.1 Å². The van der Waals surface area contributed by atoms with E-state index in [0.717, 1.165) is 5.56 Å². The normalized spacial score (nSPS) is 17.3. The average Bonchev–Trinajstić information content (AvgIpc) is 3.01. The second kappa shape index (κ2) is 7.32. The van der Waals surface area contributed by atoms with E-state index in [2.05, 4.69) is 20.4 Å². The Kier molecular flexibility index (Phi) is 5.14. The van der Waals surface area contributed by atoms with E-state index >= 15 is 0 Å². The van der Waals surface area contributed by atoms with Crippen molar-refractivity contribution in [3.8, 4) is 0 Å². The number of carbonyl (C=O) groups is 1. The molecule has 1 saturated heterocycles. The fourth-order valence-electron chi connectivity index (χ4n) is 2.59. The summed E-state index contributed by atoms with van der Waals surface area (Å²) >= 11 is 0. The molecule has 0 bridgehead atoms. The molecule has 1 amide bonds. The largest absolute Gasteiger partial charge is 0.424 e. The first-order valence-corrected chi connectivity index (χ1v) is 9.82. The van der Waals surface area contributed by atoms with Gasteiger partial charge in [0.25, 0.3) is 5.91 Å². The van der Waals surface area contributed by atoms with E-state index in [9.17, 15) is 13.2 Å². The molecule has 1 aromatic carbocycles. The van der Waals surface area contributed by atoms with Crippen LogP contribution in [0.3, 0.4) is 0 Å². The van der Waals surface area contributed by atoms with E-state index in [-0.39, 0.29) is 24.0 Å². The molecule has 1 aromatic heterocycles. The van der Waals surface area contributed by atoms with Crippen molar-refractivity contribution in [1.82, 2.24) is 20.4 Å². The first-order valence-electron chi connectivity index (χ1n) is 8.00. The van der Waals surface area contributed by atoms with Gasteiger partial charge in [0.2, 0.25) is 11.8 Å². The predicted octanol–water partition coefficient (Wildman–Crippen LogP) is 0.538. The molecule has 0 saturated carbocycles. The average molecular weight is 364 g/mol. The first-order chi connectivity index (χ1) is 11.9. The Hall–Kier alpha value is -2.26. The van der Waals surface area contributed by atoms with Crippen molar-refractivity contribution in [3.05, 3.63) is 47.2 Å². The highest BCUT2D eigenvalue weighted by Crippen LogP contribution is 2.11. The molecule has 9 heteroatoms. The Morgan fingerprint density at radius 1 is 1.20 bits per heavy atom. The van der Waals surface area contributed by atoms with Crippen molar-refractivity contribution in [2.24, 2.45) is 0 Å². The number of nitrogens with zero attached hydrogens (tertiary/aromatic N) is 3. The highest BCUT2D eigenvalue weighted by atomic mass is 32.2. The summed E-state index contributed by atoms with van der Waals surface area (Å²) < 4.78 is 28.1. The zero-order valence-electron chi connectivity index (χ0n) is 13.9. The Bertz CT molecular complexity index is 831. The second-order valence-corrected chi connectivity index (χ2v) is 8.33. The third kappa shape index (κ3) is 4.86. The Labute approximate surface area is 146 Å². The molecule has 0 unspecified atom stereocenters. The van der Waals surface area contributed by atoms with E-state index in [1.54, 1.807) is 19.1 Å². The standard InChI is InChI=1S/C16H20N4O4S/c1-12-18-19-15(24-12)10-17-16(21)14-4-2-13(3-5-14)11-20-6-8-25(22,23)9-7-20/h2-5H,6-11H2,1H3,(H,17,21). The molecule has 0 aliphatic carbocycles. The van der Waals surface area contributed by atoms with Gasteiger partial charge in [0.1, 0.15) is 0 Å². The van der Waals surface area contributed by atoms with Crippen molar-refractivity contribution >= 4 is 15.7 Å². The van der Waals surface area contributed by atoms with Crippen LogP contribution in [0, 0.1) is 6.92 Å². The lowest BCUT2D eigenvalue weighted by molar-refractivity contribution is 0.0947. The molecule has 0 radical (unpaired) electrons. The van der Waals surface area contributed by atoms with Crippen LogP contribution in [-0.2, 0) is 22.9 Å². The van der Waals surface area contributed by atoms with Crippen LogP contribution < -0.4 is 5.32 Å². The Morgan fingerprint density at radius 2 is 1.88 bits per heavy atom. The van der Waals surface area contributed by atoms with E-state index < -0.39 is 9.84 Å². The summed E-state index contributed by atoms with van der Waals surface area (Å²) in [5.74, 6) is 1.03. The van der Waals surface area contributed by atoms with Gasteiger partial charge in [-0.2, -0.15) is 0 Å². The molecule has 0 spiro atoms. The molecule has 2 aromatic rings. The quantitative estimate of drug-likeness (QED) is 0.825. The maximum absolute atomic E-state index is 12.1. The molecule has 0 atom stereocenters. The van der Waals surface area contributed by atoms with Crippen molar-refractivity contribution < 1.29 is 17.6 Å². The van der Waals surface area contributed by atoms with Gasteiger partial charge in [-0.1, -0.05) is 12.1 Å². The fourth-order valence-corrected chi connectivity index (χ4v) is 3.87. The number of aryl methyl sites for hydroxylation is 1. The molecule has 8 nitrogen and oxygen atoms in total. The van der Waals surface area contributed by atoms with Crippen molar-refractivity contribution in [2.75, 3.05) is 24.6 Å². The summed E-state index contributed by atoms with van der Waals surface area (Å²) in [6, 6.07) is 7.28. The number of benzene rings is 1. The van der Waals surface area contributed by atoms with Crippen LogP contribution in [0.1, 0.15) is 27.7 Å². The van der Waals surface area contributed by atoms with Crippen molar-refractivity contribution in [3.63, 3.8) is 0 Å². The minimum absolute atomic E-state index is 0.184. The number of sulfone groups is 1. The number of nitrogens with one attached hydrogen (secondary N) is 1. The van der Waals surface area contributed by atoms with Gasteiger partial charge in [-0.3, -0.25) is 9.69 Å². The number of hydrogen-bond acceptors (Lipinski definition) is 7. The number of aromatic nitrogens is 2. The molecule has 134 valence electrons. The monoisotopic (exact) mass is 364 g/mol. The minimum atomic E-state index is -2.87. The third-order valence-electron chi connectivity index (χ3n) is 4.03. The fraction of sp³-hybridized carbons (Fsp3) is 0.438. The van der Waals surface area contributed by atoms with Gasteiger partial charge < -0.3 is 9.73 Å². The summed E-state index contributed by atoms with van der Waals surface area (Å²) in [6.07, 6.45) is 0. The zero-order chi connectivity index (χ0) is 17.9. The molecule has 3 rings (SSSR count). The number of rotatable bonds is 5. The SMILES string of the molecule is Cc1nnc(CNC(=O)c2ccc(CN3CCS(=O)(=O)CC3)cc2)o1. The first kappa shape index (κ1) is 17.6. The van der Waals surface area contributed by atoms with Gasteiger partial charge >= 0.3 is 0 Å². The van der Waals surface area contributed by atoms with Gasteiger partial charge in [0.05, 0.1) is 18.1 Å². The van der Waals surface area contributed by atoms with Crippen LogP contribution in [0.4, 0.5) is 0 Å². The maximum Gasteiger partial charge on any atom is 0.251 e. The Morgan fingerprint density at radius 3 is 2.48 bits per heavy atom. The summed E-state index contributed by atoms with van der Waals surface area (Å²) in [7, 11) is -2.87. The third-order valence-corrected chi connectivity index (χ3v) is 5.64. The van der Waals surface area contributed by atoms with E-state index in [1.807, 2.05) is 12.1 Å². The zero-order valence-corrected chi connectivity index (χ0v) is 14.8. The van der Waals surface area contributed by atoms with Crippen LogP contribution in [-0.4, -0.2) is 54.0 Å². The van der Waals surface area contributed by atoms with E-state index in [1.165, 1.54) is 0 Å². The van der Waals surface area contributed by atoms with Crippen LogP contribution in [0.5, 0.6) is 0 Å². The van der Waals surface area contributed by atoms with Crippen LogP contribution in [0.25, 0.3) is 0 Å². The highest BCUT2D eigenvalue weighted by Gasteiger charge is 2.21. The van der Waals surface area contributed by atoms with Crippen LogP contribution in [0.15, 0.2) is 28.7 Å². The molecule has 25 heavy (non-hydrogen) atoms. The summed E-state index contributed by atoms with van der Waals surface area (Å²) in [5, 5.41) is 10.3. The van der Waals surface area contributed by atoms with Crippen LogP contribution in [0.2, 0.25) is 0 Å². The van der Waals surface area contributed by atoms with Crippen LogP contribution >= 0.6 is 0 Å². The molecule has 1 fully saturated rings. The molecule has 1 aliphatic heterocycles. The highest BCUT2D eigenvalue weighted by molar-refractivity contribution is 7.91. The van der Waals surface area contributed by atoms with Crippen molar-refractivity contribution in [1.29, 1.82) is 0 Å². The molecular formula is C16H20N4O4S. The lowest BCUT2D eigenvalue weighted by Crippen LogP contribution is -2.39. The van der Waals surface area contributed by atoms with Gasteiger partial charge in [0.15, 0.2) is 9.84 Å². The number of amides is 1. The topological polar surface area (TPSA) is 105 Å². The van der Waals surface area contributed by atoms with E-state index in [0.29, 0.717) is 37.0 Å². The smallest absolute Gasteiger partial charge is 0.251 e. The lowest BCUT2D eigenvalue weighted by atomic mass is 10.1. The number of hydrogen-bond donors (Lipinski definition) is 1. The number of carbonyl (C=O) groups excluding carboxylic acids is 1. The maximum atomic E-state index is 12.1. The van der Waals surface area contributed by atoms with E-state index in [4.69, 9.17) is 4.42 Å². The lowest BCUT2D eigenvalue weighted by Gasteiger charge is -2.26. The van der Waals surface area contributed by atoms with Crippen molar-refractivity contribution in [2.45, 2.75) is 20.0 Å². The minimum Gasteiger partial charge on any atom is -0.424 e. The predicted molar refractivity (Wildman–Crippen MR) is 90.6 cm³/mol. The van der Waals surface area contributed by atoms with Gasteiger partial charge in [-0.25, -0.2) is 8.42 Å². The molecular weight excluding hydrogens is 344 g/mol. The summed E-state index contributed by atoms with van der Waals surface area (Å²) in [6.45, 7) is 3.65. The second-order valence-electron chi connectivity index (χ2n) is 6.02. The molecule has 1 aliphatic rings. The van der Waals surface area contributed by atoms with Gasteiger partial charge in [-0.15, -0.1) is 10.2 Å². The van der Waals surface area contributed by atoms with Gasteiger partial charge in [-0.05, 0) is 17.7 Å². The molecule has 2 heterocycles. The Balaban J connectivity index is 1.52. The summed E-state index contributed by atoms with van der Waals surface area (Å²) in [5.41, 5.74) is 1.59. The molecule has 1 N–H and O–H groups in total.